The number of alkyl halides is 3. The van der Waals surface area contributed by atoms with E-state index in [0.717, 1.165) is 7.11 Å². The highest BCUT2D eigenvalue weighted by Gasteiger charge is 2.27. The topological polar surface area (TPSA) is 38.3 Å². The number of hydrogen-bond donors (Lipinski definition) is 1. The van der Waals surface area contributed by atoms with Crippen molar-refractivity contribution in [2.24, 2.45) is 0 Å². The number of anilines is 1. The van der Waals surface area contributed by atoms with Gasteiger partial charge in [0.1, 0.15) is 6.54 Å². The lowest BCUT2D eigenvalue weighted by molar-refractivity contribution is -0.115. The number of halogens is 4. The van der Waals surface area contributed by atoms with Crippen molar-refractivity contribution in [2.45, 2.75) is 6.18 Å². The molecule has 0 bridgehead atoms. The van der Waals surface area contributed by atoms with Gasteiger partial charge in [-0.2, -0.15) is 13.2 Å². The highest BCUT2D eigenvalue weighted by Crippen LogP contribution is 2.24. The summed E-state index contributed by atoms with van der Waals surface area (Å²) in [4.78, 5) is 11.3. The van der Waals surface area contributed by atoms with Crippen LogP contribution >= 0.6 is 11.6 Å². The van der Waals surface area contributed by atoms with Crippen LogP contribution in [0.5, 0.6) is 0 Å². The Balaban J connectivity index is 2.95. The van der Waals surface area contributed by atoms with Crippen molar-refractivity contribution in [3.8, 4) is 0 Å². The number of rotatable bonds is 3. The van der Waals surface area contributed by atoms with E-state index in [-0.39, 0.29) is 16.3 Å². The predicted octanol–water partition coefficient (Wildman–Crippen LogP) is 3.10. The van der Waals surface area contributed by atoms with E-state index in [2.05, 4.69) is 10.1 Å². The van der Waals surface area contributed by atoms with Crippen molar-refractivity contribution in [3.63, 3.8) is 0 Å². The molecule has 0 fully saturated rings. The molecule has 1 aromatic carbocycles. The Morgan fingerprint density at radius 2 is 2.12 bits per heavy atom. The van der Waals surface area contributed by atoms with Crippen LogP contribution in [-0.2, 0) is 4.74 Å². The maximum Gasteiger partial charge on any atom is 0.405 e. The number of esters is 1. The minimum absolute atomic E-state index is 0.00106. The first-order valence-electron chi connectivity index (χ1n) is 4.52. The third kappa shape index (κ3) is 4.14. The molecule has 0 aromatic heterocycles. The van der Waals surface area contributed by atoms with Gasteiger partial charge in [-0.05, 0) is 18.2 Å². The van der Waals surface area contributed by atoms with Gasteiger partial charge in [-0.3, -0.25) is 0 Å². The summed E-state index contributed by atoms with van der Waals surface area (Å²) in [5.41, 5.74) is -0.0113. The molecule has 1 N–H and O–H groups in total. The third-order valence-electron chi connectivity index (χ3n) is 1.87. The average molecular weight is 268 g/mol. The van der Waals surface area contributed by atoms with E-state index in [9.17, 15) is 18.0 Å². The molecule has 0 aliphatic rings. The number of carbonyl (C=O) groups excluding carboxylic acids is 1. The van der Waals surface area contributed by atoms with Crippen LogP contribution in [0.4, 0.5) is 18.9 Å². The lowest BCUT2D eigenvalue weighted by atomic mass is 10.2. The molecular formula is C10H9ClF3NO2. The third-order valence-corrected chi connectivity index (χ3v) is 2.10. The van der Waals surface area contributed by atoms with Crippen LogP contribution in [0.25, 0.3) is 0 Å². The molecule has 0 amide bonds. The summed E-state index contributed by atoms with van der Waals surface area (Å²) in [6.45, 7) is -1.25. The molecule has 0 heterocycles. The summed E-state index contributed by atoms with van der Waals surface area (Å²) in [6, 6.07) is 3.93. The molecule has 0 saturated carbocycles. The Morgan fingerprint density at radius 3 is 2.65 bits per heavy atom. The van der Waals surface area contributed by atoms with E-state index in [4.69, 9.17) is 11.6 Å². The highest BCUT2D eigenvalue weighted by molar-refractivity contribution is 6.31. The Kier molecular flexibility index (Phi) is 4.22. The molecule has 0 unspecified atom stereocenters. The molecule has 1 rings (SSSR count). The van der Waals surface area contributed by atoms with Gasteiger partial charge >= 0.3 is 12.1 Å². The standard InChI is InChI=1S/C10H9ClF3NO2/c1-17-9(16)7-3-2-6(11)4-8(7)15-5-10(12,13)14/h2-4,15H,5H2,1H3. The summed E-state index contributed by atoms with van der Waals surface area (Å²) in [6.07, 6.45) is -4.38. The Bertz CT molecular complexity index is 421. The van der Waals surface area contributed by atoms with Crippen molar-refractivity contribution in [1.29, 1.82) is 0 Å². The number of benzene rings is 1. The van der Waals surface area contributed by atoms with Gasteiger partial charge in [0.15, 0.2) is 0 Å². The second-order valence-corrected chi connectivity index (χ2v) is 3.59. The van der Waals surface area contributed by atoms with Gasteiger partial charge in [0, 0.05) is 5.02 Å². The van der Waals surface area contributed by atoms with E-state index in [1.807, 2.05) is 0 Å². The lowest BCUT2D eigenvalue weighted by Crippen LogP contribution is -2.22. The van der Waals surface area contributed by atoms with Gasteiger partial charge < -0.3 is 10.1 Å². The van der Waals surface area contributed by atoms with Crippen LogP contribution in [-0.4, -0.2) is 25.8 Å². The van der Waals surface area contributed by atoms with Gasteiger partial charge in [-0.1, -0.05) is 11.6 Å². The van der Waals surface area contributed by atoms with Gasteiger partial charge in [-0.15, -0.1) is 0 Å². The lowest BCUT2D eigenvalue weighted by Gasteiger charge is -2.12. The minimum atomic E-state index is -4.38. The molecule has 0 aliphatic heterocycles. The monoisotopic (exact) mass is 267 g/mol. The number of methoxy groups -OCH3 is 1. The van der Waals surface area contributed by atoms with Crippen molar-refractivity contribution in [3.05, 3.63) is 28.8 Å². The van der Waals surface area contributed by atoms with Crippen LogP contribution < -0.4 is 5.32 Å². The zero-order valence-electron chi connectivity index (χ0n) is 8.77. The number of hydrogen-bond acceptors (Lipinski definition) is 3. The smallest absolute Gasteiger partial charge is 0.405 e. The predicted molar refractivity (Wildman–Crippen MR) is 57.3 cm³/mol. The molecule has 0 atom stereocenters. The normalized spacial score (nSPS) is 11.1. The van der Waals surface area contributed by atoms with Gasteiger partial charge in [0.25, 0.3) is 0 Å². The van der Waals surface area contributed by atoms with E-state index < -0.39 is 18.7 Å². The molecule has 94 valence electrons. The van der Waals surface area contributed by atoms with Crippen LogP contribution in [0, 0.1) is 0 Å². The molecule has 0 spiro atoms. The van der Waals surface area contributed by atoms with Crippen LogP contribution in [0.3, 0.4) is 0 Å². The summed E-state index contributed by atoms with van der Waals surface area (Å²) in [5, 5.41) is 2.32. The second kappa shape index (κ2) is 5.27. The van der Waals surface area contributed by atoms with E-state index in [1.165, 1.54) is 18.2 Å². The first-order valence-corrected chi connectivity index (χ1v) is 4.90. The number of nitrogens with one attached hydrogen (secondary N) is 1. The summed E-state index contributed by atoms with van der Waals surface area (Å²) >= 11 is 5.64. The molecule has 0 saturated heterocycles. The fourth-order valence-electron chi connectivity index (χ4n) is 1.15. The van der Waals surface area contributed by atoms with Crippen LogP contribution in [0.15, 0.2) is 18.2 Å². The fraction of sp³-hybridized carbons (Fsp3) is 0.300. The van der Waals surface area contributed by atoms with Crippen molar-refractivity contribution >= 4 is 23.3 Å². The summed E-state index contributed by atoms with van der Waals surface area (Å²) in [7, 11) is 1.14. The molecular weight excluding hydrogens is 259 g/mol. The SMILES string of the molecule is COC(=O)c1ccc(Cl)cc1NCC(F)(F)F. The fourth-order valence-corrected chi connectivity index (χ4v) is 1.32. The van der Waals surface area contributed by atoms with Crippen LogP contribution in [0.2, 0.25) is 5.02 Å². The largest absolute Gasteiger partial charge is 0.465 e. The summed E-state index contributed by atoms with van der Waals surface area (Å²) < 4.78 is 40.6. The number of carbonyl (C=O) groups is 1. The van der Waals surface area contributed by atoms with Crippen molar-refractivity contribution < 1.29 is 22.7 Å². The number of ether oxygens (including phenoxy) is 1. The van der Waals surface area contributed by atoms with E-state index in [1.54, 1.807) is 0 Å². The van der Waals surface area contributed by atoms with E-state index in [0.29, 0.717) is 0 Å². The molecule has 7 heteroatoms. The Hall–Kier alpha value is -1.43. The molecule has 0 aliphatic carbocycles. The zero-order valence-corrected chi connectivity index (χ0v) is 9.52. The average Bonchev–Trinajstić information content (AvgIpc) is 2.24. The molecule has 3 nitrogen and oxygen atoms in total. The van der Waals surface area contributed by atoms with Gasteiger partial charge in [0.2, 0.25) is 0 Å². The van der Waals surface area contributed by atoms with Crippen molar-refractivity contribution in [1.82, 2.24) is 0 Å². The zero-order chi connectivity index (χ0) is 13.1. The first-order chi connectivity index (χ1) is 7.83. The second-order valence-electron chi connectivity index (χ2n) is 3.15. The van der Waals surface area contributed by atoms with Crippen molar-refractivity contribution in [2.75, 3.05) is 19.0 Å². The highest BCUT2D eigenvalue weighted by atomic mass is 35.5. The molecule has 17 heavy (non-hydrogen) atoms. The maximum atomic E-state index is 12.0. The molecule has 0 radical (unpaired) electrons. The van der Waals surface area contributed by atoms with Gasteiger partial charge in [-0.25, -0.2) is 4.79 Å². The van der Waals surface area contributed by atoms with Gasteiger partial charge in [0.05, 0.1) is 18.4 Å². The maximum absolute atomic E-state index is 12.0. The molecule has 1 aromatic rings. The Morgan fingerprint density at radius 1 is 1.47 bits per heavy atom. The van der Waals surface area contributed by atoms with Crippen LogP contribution in [0.1, 0.15) is 10.4 Å². The quantitative estimate of drug-likeness (QED) is 0.855. The minimum Gasteiger partial charge on any atom is -0.465 e. The van der Waals surface area contributed by atoms with E-state index >= 15 is 0 Å². The summed E-state index contributed by atoms with van der Waals surface area (Å²) in [5.74, 6) is -0.730. The Labute approximate surface area is 101 Å². The first kappa shape index (κ1) is 13.6.